The lowest BCUT2D eigenvalue weighted by Gasteiger charge is -2.14. The summed E-state index contributed by atoms with van der Waals surface area (Å²) in [4.78, 5) is 12.7. The smallest absolute Gasteiger partial charge is 0.262 e. The van der Waals surface area contributed by atoms with Crippen LogP contribution in [-0.4, -0.2) is 27.7 Å². The second-order valence-electron chi connectivity index (χ2n) is 6.87. The molecule has 0 aliphatic carbocycles. The van der Waals surface area contributed by atoms with Crippen LogP contribution in [0.2, 0.25) is 0 Å². The summed E-state index contributed by atoms with van der Waals surface area (Å²) in [6.45, 7) is 1.70. The second kappa shape index (κ2) is 9.89. The molecule has 3 rings (SSSR count). The zero-order valence-electron chi connectivity index (χ0n) is 17.5. The van der Waals surface area contributed by atoms with Crippen LogP contribution in [0.5, 0.6) is 5.75 Å². The van der Waals surface area contributed by atoms with E-state index in [1.165, 1.54) is 13.2 Å². The molecule has 6 nitrogen and oxygen atoms in total. The molecule has 0 spiro atoms. The van der Waals surface area contributed by atoms with Crippen molar-refractivity contribution in [3.8, 4) is 5.75 Å². The lowest BCUT2D eigenvalue weighted by atomic mass is 10.1. The highest BCUT2D eigenvalue weighted by molar-refractivity contribution is 7.97. The number of ether oxygens (including phenoxy) is 1. The van der Waals surface area contributed by atoms with Gasteiger partial charge in [-0.2, -0.15) is 11.8 Å². The van der Waals surface area contributed by atoms with Gasteiger partial charge in [-0.1, -0.05) is 30.3 Å². The maximum absolute atomic E-state index is 13.0. The van der Waals surface area contributed by atoms with E-state index in [1.807, 2.05) is 18.4 Å². The third-order valence-electron chi connectivity index (χ3n) is 4.61. The Balaban J connectivity index is 1.83. The molecule has 0 aliphatic heterocycles. The van der Waals surface area contributed by atoms with Crippen molar-refractivity contribution < 1.29 is 17.9 Å². The minimum Gasteiger partial charge on any atom is -0.495 e. The van der Waals surface area contributed by atoms with E-state index in [-0.39, 0.29) is 10.8 Å². The number of sulfonamides is 1. The average molecular weight is 457 g/mol. The molecule has 1 amide bonds. The topological polar surface area (TPSA) is 84.5 Å². The molecule has 3 aromatic rings. The van der Waals surface area contributed by atoms with E-state index < -0.39 is 10.0 Å². The minimum atomic E-state index is -3.90. The van der Waals surface area contributed by atoms with Gasteiger partial charge in [0.25, 0.3) is 15.9 Å². The summed E-state index contributed by atoms with van der Waals surface area (Å²) in [6.07, 6.45) is 2.02. The molecular formula is C23H24N2O4S2. The van der Waals surface area contributed by atoms with Gasteiger partial charge < -0.3 is 10.1 Å². The summed E-state index contributed by atoms with van der Waals surface area (Å²) < 4.78 is 33.8. The lowest BCUT2D eigenvalue weighted by molar-refractivity contribution is 0.102. The standard InChI is InChI=1S/C23H24N2O4S2/c1-16-8-13-19(24-23(26)18-11-9-17(10-12-18)15-30-3)14-22(16)31(27,28)25-20-6-4-5-7-21(20)29-2/h4-14,25H,15H2,1-3H3,(H,24,26). The highest BCUT2D eigenvalue weighted by Gasteiger charge is 2.20. The van der Waals surface area contributed by atoms with E-state index in [0.29, 0.717) is 28.3 Å². The predicted octanol–water partition coefficient (Wildman–Crippen LogP) is 4.92. The van der Waals surface area contributed by atoms with Crippen LogP contribution < -0.4 is 14.8 Å². The van der Waals surface area contributed by atoms with Crippen molar-refractivity contribution in [2.24, 2.45) is 0 Å². The third-order valence-corrected chi connectivity index (χ3v) is 6.74. The number of hydrogen-bond donors (Lipinski definition) is 2. The fourth-order valence-electron chi connectivity index (χ4n) is 3.02. The van der Waals surface area contributed by atoms with Crippen molar-refractivity contribution >= 4 is 39.1 Å². The number of aryl methyl sites for hydroxylation is 1. The maximum atomic E-state index is 13.0. The van der Waals surface area contributed by atoms with E-state index in [0.717, 1.165) is 11.3 Å². The fourth-order valence-corrected chi connectivity index (χ4v) is 4.89. The molecule has 0 radical (unpaired) electrons. The molecule has 0 saturated heterocycles. The van der Waals surface area contributed by atoms with Gasteiger partial charge >= 0.3 is 0 Å². The van der Waals surface area contributed by atoms with Crippen LogP contribution in [0.25, 0.3) is 0 Å². The van der Waals surface area contributed by atoms with Gasteiger partial charge in [-0.25, -0.2) is 8.42 Å². The van der Waals surface area contributed by atoms with Crippen LogP contribution in [0.3, 0.4) is 0 Å². The van der Waals surface area contributed by atoms with Crippen molar-refractivity contribution in [2.75, 3.05) is 23.4 Å². The molecular weight excluding hydrogens is 432 g/mol. The summed E-state index contributed by atoms with van der Waals surface area (Å²) in [5.41, 5.74) is 2.92. The molecule has 2 N–H and O–H groups in total. The van der Waals surface area contributed by atoms with Crippen LogP contribution >= 0.6 is 11.8 Å². The Labute approximate surface area is 187 Å². The highest BCUT2D eigenvalue weighted by atomic mass is 32.2. The zero-order valence-corrected chi connectivity index (χ0v) is 19.1. The molecule has 0 heterocycles. The first kappa shape index (κ1) is 22.7. The summed E-state index contributed by atoms with van der Waals surface area (Å²) in [5, 5.41) is 2.77. The van der Waals surface area contributed by atoms with Gasteiger partial charge in [0.15, 0.2) is 0 Å². The molecule has 0 atom stereocenters. The first-order valence-electron chi connectivity index (χ1n) is 9.50. The molecule has 31 heavy (non-hydrogen) atoms. The molecule has 162 valence electrons. The van der Waals surface area contributed by atoms with Crippen molar-refractivity contribution in [3.05, 3.63) is 83.4 Å². The first-order valence-corrected chi connectivity index (χ1v) is 12.4. The van der Waals surface area contributed by atoms with Crippen LogP contribution in [-0.2, 0) is 15.8 Å². The van der Waals surface area contributed by atoms with E-state index in [9.17, 15) is 13.2 Å². The normalized spacial score (nSPS) is 11.1. The molecule has 0 fully saturated rings. The molecule has 0 bridgehead atoms. The van der Waals surface area contributed by atoms with Crippen molar-refractivity contribution in [1.82, 2.24) is 0 Å². The number of amides is 1. The molecule has 0 saturated carbocycles. The highest BCUT2D eigenvalue weighted by Crippen LogP contribution is 2.28. The Morgan fingerprint density at radius 3 is 2.42 bits per heavy atom. The number of carbonyl (C=O) groups excluding carboxylic acids is 1. The summed E-state index contributed by atoms with van der Waals surface area (Å²) >= 11 is 1.71. The maximum Gasteiger partial charge on any atom is 0.262 e. The Bertz CT molecular complexity index is 1180. The number of nitrogens with one attached hydrogen (secondary N) is 2. The molecule has 8 heteroatoms. The Hall–Kier alpha value is -2.97. The summed E-state index contributed by atoms with van der Waals surface area (Å²) in [5.74, 6) is 0.985. The van der Waals surface area contributed by atoms with Crippen LogP contribution in [0.4, 0.5) is 11.4 Å². The van der Waals surface area contributed by atoms with Crippen molar-refractivity contribution in [1.29, 1.82) is 0 Å². The number of rotatable bonds is 8. The van der Waals surface area contributed by atoms with Crippen LogP contribution in [0, 0.1) is 6.92 Å². The third kappa shape index (κ3) is 5.59. The number of methoxy groups -OCH3 is 1. The van der Waals surface area contributed by atoms with Gasteiger partial charge in [-0.15, -0.1) is 0 Å². The second-order valence-corrected chi connectivity index (χ2v) is 9.39. The number of benzene rings is 3. The molecule has 0 unspecified atom stereocenters. The number of para-hydroxylation sites is 2. The predicted molar refractivity (Wildman–Crippen MR) is 127 cm³/mol. The molecule has 0 aromatic heterocycles. The lowest BCUT2D eigenvalue weighted by Crippen LogP contribution is -2.16. The fraction of sp³-hybridized carbons (Fsp3) is 0.174. The molecule has 0 aliphatic rings. The van der Waals surface area contributed by atoms with Gasteiger partial charge in [0, 0.05) is 17.0 Å². The minimum absolute atomic E-state index is 0.0755. The SMILES string of the molecule is COc1ccccc1NS(=O)(=O)c1cc(NC(=O)c2ccc(CSC)cc2)ccc1C. The Morgan fingerprint density at radius 2 is 1.74 bits per heavy atom. The van der Waals surface area contributed by atoms with Crippen molar-refractivity contribution in [3.63, 3.8) is 0 Å². The van der Waals surface area contributed by atoms with Gasteiger partial charge in [0.05, 0.1) is 17.7 Å². The van der Waals surface area contributed by atoms with E-state index >= 15 is 0 Å². The van der Waals surface area contributed by atoms with Gasteiger partial charge in [-0.3, -0.25) is 9.52 Å². The van der Waals surface area contributed by atoms with Gasteiger partial charge in [0.1, 0.15) is 5.75 Å². The zero-order chi connectivity index (χ0) is 22.4. The Kier molecular flexibility index (Phi) is 7.25. The Morgan fingerprint density at radius 1 is 1.03 bits per heavy atom. The van der Waals surface area contributed by atoms with Crippen molar-refractivity contribution in [2.45, 2.75) is 17.6 Å². The number of carbonyl (C=O) groups is 1. The van der Waals surface area contributed by atoms with Gasteiger partial charge in [0.2, 0.25) is 0 Å². The number of anilines is 2. The van der Waals surface area contributed by atoms with E-state index in [1.54, 1.807) is 67.2 Å². The average Bonchev–Trinajstić information content (AvgIpc) is 2.76. The number of hydrogen-bond acceptors (Lipinski definition) is 5. The van der Waals surface area contributed by atoms with E-state index in [4.69, 9.17) is 4.74 Å². The largest absolute Gasteiger partial charge is 0.495 e. The quantitative estimate of drug-likeness (QED) is 0.503. The number of thioether (sulfide) groups is 1. The monoisotopic (exact) mass is 456 g/mol. The summed E-state index contributed by atoms with van der Waals surface area (Å²) in [6, 6.07) is 18.9. The van der Waals surface area contributed by atoms with E-state index in [2.05, 4.69) is 10.0 Å². The summed E-state index contributed by atoms with van der Waals surface area (Å²) in [7, 11) is -2.42. The molecule has 3 aromatic carbocycles. The first-order chi connectivity index (χ1) is 14.8. The van der Waals surface area contributed by atoms with Crippen LogP contribution in [0.1, 0.15) is 21.5 Å². The van der Waals surface area contributed by atoms with Gasteiger partial charge in [-0.05, 0) is 60.7 Å². The van der Waals surface area contributed by atoms with Crippen LogP contribution in [0.15, 0.2) is 71.6 Å².